The van der Waals surface area contributed by atoms with Crippen LogP contribution in [0.5, 0.6) is 0 Å². The van der Waals surface area contributed by atoms with Gasteiger partial charge < -0.3 is 10.1 Å². The van der Waals surface area contributed by atoms with Gasteiger partial charge in [0.1, 0.15) is 11.4 Å². The van der Waals surface area contributed by atoms with Gasteiger partial charge in [-0.1, -0.05) is 12.1 Å². The molecule has 154 valence electrons. The van der Waals surface area contributed by atoms with Crippen molar-refractivity contribution in [2.75, 3.05) is 12.4 Å². The third kappa shape index (κ3) is 3.98. The van der Waals surface area contributed by atoms with E-state index in [0.29, 0.717) is 29.1 Å². The maximum absolute atomic E-state index is 13.0. The Hall–Kier alpha value is -3.81. The summed E-state index contributed by atoms with van der Waals surface area (Å²) in [6.07, 6.45) is 3.25. The third-order valence-corrected chi connectivity index (χ3v) is 4.69. The van der Waals surface area contributed by atoms with E-state index in [2.05, 4.69) is 15.4 Å². The highest BCUT2D eigenvalue weighted by Gasteiger charge is 2.22. The molecule has 0 bridgehead atoms. The molecule has 0 aliphatic rings. The Kier molecular flexibility index (Phi) is 6.06. The lowest BCUT2D eigenvalue weighted by Gasteiger charge is -2.17. The number of hydrogen-bond donors (Lipinski definition) is 1. The van der Waals surface area contributed by atoms with Crippen LogP contribution in [0.1, 0.15) is 40.1 Å². The fraction of sp³-hybridized carbons (Fsp3) is 0.227. The number of nitrogens with zero attached hydrogens (tertiary/aromatic N) is 3. The molecule has 0 aliphatic heterocycles. The van der Waals surface area contributed by atoms with Gasteiger partial charge >= 0.3 is 5.97 Å². The van der Waals surface area contributed by atoms with Crippen molar-refractivity contribution in [3.8, 4) is 11.3 Å². The van der Waals surface area contributed by atoms with Gasteiger partial charge in [0.2, 0.25) is 0 Å². The molecule has 0 spiro atoms. The lowest BCUT2D eigenvalue weighted by Crippen LogP contribution is -2.28. The van der Waals surface area contributed by atoms with Gasteiger partial charge in [0.15, 0.2) is 5.78 Å². The molecular formula is C22H22N4O4. The molecular weight excluding hydrogens is 384 g/mol. The molecule has 0 amide bonds. The SMILES string of the molecule is CCn1nc(-c2ccc(C(=O)OC)cc2)c(C(C)=O)c(Nc2cnccc2C)c1=O. The highest BCUT2D eigenvalue weighted by Crippen LogP contribution is 2.28. The van der Waals surface area contributed by atoms with Crippen molar-refractivity contribution in [1.82, 2.24) is 14.8 Å². The number of rotatable bonds is 6. The minimum atomic E-state index is -0.464. The highest BCUT2D eigenvalue weighted by molar-refractivity contribution is 6.05. The molecule has 2 aromatic heterocycles. The molecule has 0 radical (unpaired) electrons. The van der Waals surface area contributed by atoms with E-state index in [9.17, 15) is 14.4 Å². The summed E-state index contributed by atoms with van der Waals surface area (Å²) in [6.45, 7) is 5.39. The fourth-order valence-corrected chi connectivity index (χ4v) is 3.06. The molecule has 2 heterocycles. The van der Waals surface area contributed by atoms with Gasteiger partial charge in [0.05, 0.1) is 30.1 Å². The Morgan fingerprint density at radius 2 is 1.87 bits per heavy atom. The predicted molar refractivity (Wildman–Crippen MR) is 113 cm³/mol. The number of nitrogens with one attached hydrogen (secondary N) is 1. The Labute approximate surface area is 173 Å². The van der Waals surface area contributed by atoms with Gasteiger partial charge in [0, 0.05) is 18.3 Å². The molecule has 0 unspecified atom stereocenters. The van der Waals surface area contributed by atoms with Crippen molar-refractivity contribution in [3.63, 3.8) is 0 Å². The monoisotopic (exact) mass is 406 g/mol. The van der Waals surface area contributed by atoms with Crippen LogP contribution in [0.2, 0.25) is 0 Å². The van der Waals surface area contributed by atoms with E-state index in [1.54, 1.807) is 43.6 Å². The Morgan fingerprint density at radius 1 is 1.17 bits per heavy atom. The number of ether oxygens (including phenoxy) is 1. The lowest BCUT2D eigenvalue weighted by atomic mass is 10.0. The largest absolute Gasteiger partial charge is 0.465 e. The van der Waals surface area contributed by atoms with Gasteiger partial charge in [-0.25, -0.2) is 9.48 Å². The van der Waals surface area contributed by atoms with Gasteiger partial charge in [-0.15, -0.1) is 0 Å². The zero-order valence-corrected chi connectivity index (χ0v) is 17.2. The Balaban J connectivity index is 2.23. The Morgan fingerprint density at radius 3 is 2.43 bits per heavy atom. The first-order chi connectivity index (χ1) is 14.4. The highest BCUT2D eigenvalue weighted by atomic mass is 16.5. The molecule has 8 heteroatoms. The number of hydrogen-bond acceptors (Lipinski definition) is 7. The standard InChI is InChI=1S/C22H22N4O4/c1-5-26-21(28)20(24-17-12-23-11-10-13(17)2)18(14(3)27)19(25-26)15-6-8-16(9-7-15)22(29)30-4/h6-12,24H,5H2,1-4H3. The van der Waals surface area contributed by atoms with Crippen molar-refractivity contribution in [1.29, 1.82) is 0 Å². The van der Waals surface area contributed by atoms with Crippen LogP contribution in [0.25, 0.3) is 11.3 Å². The third-order valence-electron chi connectivity index (χ3n) is 4.69. The summed E-state index contributed by atoms with van der Waals surface area (Å²) in [5, 5.41) is 7.50. The Bertz CT molecular complexity index is 1170. The first-order valence-corrected chi connectivity index (χ1v) is 9.39. The van der Waals surface area contributed by atoms with E-state index in [1.807, 2.05) is 13.0 Å². The fourth-order valence-electron chi connectivity index (χ4n) is 3.06. The number of carbonyl (C=O) groups excluding carboxylic acids is 2. The van der Waals surface area contributed by atoms with E-state index >= 15 is 0 Å². The number of methoxy groups -OCH3 is 1. The molecule has 0 saturated carbocycles. The van der Waals surface area contributed by atoms with Gasteiger partial charge in [-0.3, -0.25) is 14.6 Å². The van der Waals surface area contributed by atoms with Crippen molar-refractivity contribution < 1.29 is 14.3 Å². The second-order valence-corrected chi connectivity index (χ2v) is 6.66. The molecule has 3 aromatic rings. The number of anilines is 2. The molecule has 30 heavy (non-hydrogen) atoms. The second kappa shape index (κ2) is 8.69. The van der Waals surface area contributed by atoms with E-state index in [4.69, 9.17) is 4.74 Å². The van der Waals surface area contributed by atoms with Crippen molar-refractivity contribution in [2.24, 2.45) is 0 Å². The molecule has 1 N–H and O–H groups in total. The zero-order valence-electron chi connectivity index (χ0n) is 17.2. The maximum atomic E-state index is 13.0. The summed E-state index contributed by atoms with van der Waals surface area (Å²) in [4.78, 5) is 41.4. The van der Waals surface area contributed by atoms with E-state index < -0.39 is 11.5 Å². The van der Waals surface area contributed by atoms with Crippen LogP contribution in [0.15, 0.2) is 47.5 Å². The quantitative estimate of drug-likeness (QED) is 0.494. The number of benzene rings is 1. The minimum absolute atomic E-state index is 0.141. The molecule has 0 fully saturated rings. The topological polar surface area (TPSA) is 103 Å². The summed E-state index contributed by atoms with van der Waals surface area (Å²) in [7, 11) is 1.31. The van der Waals surface area contributed by atoms with Gasteiger partial charge in [-0.2, -0.15) is 5.10 Å². The summed E-state index contributed by atoms with van der Waals surface area (Å²) < 4.78 is 6.02. The van der Waals surface area contributed by atoms with E-state index in [1.165, 1.54) is 18.7 Å². The zero-order chi connectivity index (χ0) is 21.8. The van der Waals surface area contributed by atoms with Crippen molar-refractivity contribution in [2.45, 2.75) is 27.3 Å². The maximum Gasteiger partial charge on any atom is 0.337 e. The van der Waals surface area contributed by atoms with Crippen LogP contribution >= 0.6 is 0 Å². The number of ketones is 1. The number of Topliss-reactive ketones (excluding diaryl/α,β-unsaturated/α-hetero) is 1. The summed E-state index contributed by atoms with van der Waals surface area (Å²) in [6, 6.07) is 8.33. The average molecular weight is 406 g/mol. The summed E-state index contributed by atoms with van der Waals surface area (Å²) >= 11 is 0. The normalized spacial score (nSPS) is 10.5. The summed E-state index contributed by atoms with van der Waals surface area (Å²) in [5.74, 6) is -0.770. The second-order valence-electron chi connectivity index (χ2n) is 6.66. The molecule has 0 atom stereocenters. The van der Waals surface area contributed by atoms with Crippen molar-refractivity contribution in [3.05, 3.63) is 69.8 Å². The van der Waals surface area contributed by atoms with Crippen LogP contribution in [0.4, 0.5) is 11.4 Å². The molecule has 1 aromatic carbocycles. The molecule has 0 aliphatic carbocycles. The van der Waals surface area contributed by atoms with E-state index in [0.717, 1.165) is 5.56 Å². The van der Waals surface area contributed by atoms with Crippen molar-refractivity contribution >= 4 is 23.1 Å². The first kappa shape index (κ1) is 20.9. The van der Waals surface area contributed by atoms with Crippen LogP contribution in [-0.4, -0.2) is 33.6 Å². The van der Waals surface area contributed by atoms with Crippen LogP contribution in [0, 0.1) is 6.92 Å². The molecule has 3 rings (SSSR count). The van der Waals surface area contributed by atoms with Crippen LogP contribution < -0.4 is 10.9 Å². The predicted octanol–water partition coefficient (Wildman–Crippen LogP) is 3.37. The molecule has 0 saturated heterocycles. The first-order valence-electron chi connectivity index (χ1n) is 9.39. The van der Waals surface area contributed by atoms with Crippen LogP contribution in [0.3, 0.4) is 0 Å². The van der Waals surface area contributed by atoms with Crippen LogP contribution in [-0.2, 0) is 11.3 Å². The number of carbonyl (C=O) groups is 2. The smallest absolute Gasteiger partial charge is 0.337 e. The number of aromatic nitrogens is 3. The van der Waals surface area contributed by atoms with Gasteiger partial charge in [-0.05, 0) is 44.5 Å². The number of esters is 1. The summed E-state index contributed by atoms with van der Waals surface area (Å²) in [5.41, 5.74) is 2.74. The lowest BCUT2D eigenvalue weighted by molar-refractivity contribution is 0.0600. The average Bonchev–Trinajstić information content (AvgIpc) is 2.75. The van der Waals surface area contributed by atoms with Gasteiger partial charge in [0.25, 0.3) is 5.56 Å². The molecule has 8 nitrogen and oxygen atoms in total. The minimum Gasteiger partial charge on any atom is -0.465 e. The number of pyridine rings is 1. The van der Waals surface area contributed by atoms with E-state index in [-0.39, 0.29) is 17.0 Å². The number of aryl methyl sites for hydroxylation is 2.